The lowest BCUT2D eigenvalue weighted by Crippen LogP contribution is -2.51. The Morgan fingerprint density at radius 2 is 2.06 bits per heavy atom. The fourth-order valence-electron chi connectivity index (χ4n) is 2.68. The lowest BCUT2D eigenvalue weighted by Gasteiger charge is -2.39. The van der Waals surface area contributed by atoms with Crippen molar-refractivity contribution in [2.45, 2.75) is 25.8 Å². The Labute approximate surface area is 111 Å². The first-order valence-electron chi connectivity index (χ1n) is 6.62. The molecule has 1 rings (SSSR count). The van der Waals surface area contributed by atoms with E-state index in [1.807, 2.05) is 4.90 Å². The molecule has 0 spiro atoms. The molecule has 0 aromatic heterocycles. The van der Waals surface area contributed by atoms with Crippen LogP contribution < -0.4 is 0 Å². The van der Waals surface area contributed by atoms with Crippen LogP contribution in [0.5, 0.6) is 0 Å². The standard InChI is InChI=1S/C13H27N3O2/c1-11-6-7-16(13(17)18-5)12(8-11)9-15(4)10-14(2)3/h11-12H,6-10H2,1-5H3. The summed E-state index contributed by atoms with van der Waals surface area (Å²) in [6.07, 6.45) is 1.95. The number of carbonyl (C=O) groups is 1. The summed E-state index contributed by atoms with van der Waals surface area (Å²) in [5.74, 6) is 0.684. The first-order valence-corrected chi connectivity index (χ1v) is 6.62. The van der Waals surface area contributed by atoms with Crippen LogP contribution in [0.15, 0.2) is 0 Å². The van der Waals surface area contributed by atoms with E-state index in [0.717, 1.165) is 32.6 Å². The Bertz CT molecular complexity index is 271. The van der Waals surface area contributed by atoms with Gasteiger partial charge in [0.15, 0.2) is 0 Å². The van der Waals surface area contributed by atoms with Gasteiger partial charge in [-0.3, -0.25) is 9.80 Å². The summed E-state index contributed by atoms with van der Waals surface area (Å²) in [7, 11) is 7.66. The Morgan fingerprint density at radius 1 is 1.39 bits per heavy atom. The number of likely N-dealkylation sites (tertiary alicyclic amines) is 1. The molecule has 1 aliphatic heterocycles. The third-order valence-electron chi connectivity index (χ3n) is 3.43. The minimum Gasteiger partial charge on any atom is -0.453 e. The highest BCUT2D eigenvalue weighted by Gasteiger charge is 2.31. The molecule has 0 saturated carbocycles. The van der Waals surface area contributed by atoms with Crippen LogP contribution in [-0.4, -0.2) is 74.8 Å². The van der Waals surface area contributed by atoms with Gasteiger partial charge >= 0.3 is 6.09 Å². The maximum atomic E-state index is 11.8. The van der Waals surface area contributed by atoms with Crippen LogP contribution in [0.3, 0.4) is 0 Å². The Morgan fingerprint density at radius 3 is 2.61 bits per heavy atom. The highest BCUT2D eigenvalue weighted by molar-refractivity contribution is 5.68. The molecule has 18 heavy (non-hydrogen) atoms. The number of carbonyl (C=O) groups excluding carboxylic acids is 1. The molecule has 1 amide bonds. The number of piperidine rings is 1. The first kappa shape index (κ1) is 15.2. The highest BCUT2D eigenvalue weighted by atomic mass is 16.5. The number of amides is 1. The number of rotatable bonds is 4. The molecule has 1 fully saturated rings. The largest absolute Gasteiger partial charge is 0.453 e. The molecule has 1 heterocycles. The maximum absolute atomic E-state index is 11.8. The van der Waals surface area contributed by atoms with Gasteiger partial charge in [0, 0.05) is 25.8 Å². The average Bonchev–Trinajstić information content (AvgIpc) is 2.27. The number of methoxy groups -OCH3 is 1. The smallest absolute Gasteiger partial charge is 0.409 e. The van der Waals surface area contributed by atoms with E-state index < -0.39 is 0 Å². The van der Waals surface area contributed by atoms with Gasteiger partial charge in [-0.25, -0.2) is 4.79 Å². The van der Waals surface area contributed by atoms with Gasteiger partial charge in [-0.1, -0.05) is 6.92 Å². The normalized spacial score (nSPS) is 24.7. The van der Waals surface area contributed by atoms with Crippen molar-refractivity contribution in [3.05, 3.63) is 0 Å². The summed E-state index contributed by atoms with van der Waals surface area (Å²) >= 11 is 0. The zero-order valence-corrected chi connectivity index (χ0v) is 12.3. The molecule has 2 unspecified atom stereocenters. The summed E-state index contributed by atoms with van der Waals surface area (Å²) < 4.78 is 4.88. The van der Waals surface area contributed by atoms with Gasteiger partial charge in [0.1, 0.15) is 0 Å². The molecule has 0 bridgehead atoms. The molecular weight excluding hydrogens is 230 g/mol. The predicted octanol–water partition coefficient (Wildman–Crippen LogP) is 1.30. The third kappa shape index (κ3) is 4.46. The minimum atomic E-state index is -0.190. The lowest BCUT2D eigenvalue weighted by atomic mass is 9.92. The molecule has 0 aliphatic carbocycles. The lowest BCUT2D eigenvalue weighted by molar-refractivity contribution is 0.0592. The molecule has 5 heteroatoms. The fraction of sp³-hybridized carbons (Fsp3) is 0.923. The van der Waals surface area contributed by atoms with Crippen LogP contribution in [0.2, 0.25) is 0 Å². The molecule has 1 aliphatic rings. The SMILES string of the molecule is COC(=O)N1CCC(C)CC1CN(C)CN(C)C. The van der Waals surface area contributed by atoms with Gasteiger partial charge in [-0.2, -0.15) is 0 Å². The molecule has 1 saturated heterocycles. The summed E-state index contributed by atoms with van der Waals surface area (Å²) in [5.41, 5.74) is 0. The van der Waals surface area contributed by atoms with Crippen molar-refractivity contribution in [2.75, 3.05) is 48.0 Å². The quantitative estimate of drug-likeness (QED) is 0.711. The second kappa shape index (κ2) is 6.95. The van der Waals surface area contributed by atoms with Crippen LogP contribution in [0, 0.1) is 5.92 Å². The topological polar surface area (TPSA) is 36.0 Å². The Balaban J connectivity index is 2.58. The Hall–Kier alpha value is -0.810. The molecule has 2 atom stereocenters. The van der Waals surface area contributed by atoms with E-state index in [-0.39, 0.29) is 12.1 Å². The first-order chi connectivity index (χ1) is 8.43. The summed E-state index contributed by atoms with van der Waals surface area (Å²) in [6.45, 7) is 4.87. The monoisotopic (exact) mass is 257 g/mol. The van der Waals surface area contributed by atoms with E-state index >= 15 is 0 Å². The van der Waals surface area contributed by atoms with Crippen LogP contribution in [0.1, 0.15) is 19.8 Å². The zero-order valence-electron chi connectivity index (χ0n) is 12.3. The summed E-state index contributed by atoms with van der Waals surface area (Å²) in [6, 6.07) is 0.270. The van der Waals surface area contributed by atoms with Crippen molar-refractivity contribution in [3.8, 4) is 0 Å². The molecule has 0 aromatic rings. The van der Waals surface area contributed by atoms with Gasteiger partial charge in [0.25, 0.3) is 0 Å². The minimum absolute atomic E-state index is 0.190. The number of hydrogen-bond acceptors (Lipinski definition) is 4. The maximum Gasteiger partial charge on any atom is 0.409 e. The van der Waals surface area contributed by atoms with Crippen molar-refractivity contribution in [1.82, 2.24) is 14.7 Å². The molecule has 5 nitrogen and oxygen atoms in total. The third-order valence-corrected chi connectivity index (χ3v) is 3.43. The van der Waals surface area contributed by atoms with E-state index in [4.69, 9.17) is 4.74 Å². The second-order valence-electron chi connectivity index (χ2n) is 5.71. The summed E-state index contributed by atoms with van der Waals surface area (Å²) in [4.78, 5) is 18.0. The van der Waals surface area contributed by atoms with Crippen molar-refractivity contribution in [1.29, 1.82) is 0 Å². The van der Waals surface area contributed by atoms with Gasteiger partial charge in [0.2, 0.25) is 0 Å². The van der Waals surface area contributed by atoms with Crippen molar-refractivity contribution in [2.24, 2.45) is 5.92 Å². The summed E-state index contributed by atoms with van der Waals surface area (Å²) in [5, 5.41) is 0. The molecule has 0 aromatic carbocycles. The van der Waals surface area contributed by atoms with Gasteiger partial charge in [-0.05, 0) is 39.9 Å². The second-order valence-corrected chi connectivity index (χ2v) is 5.71. The van der Waals surface area contributed by atoms with E-state index in [2.05, 4.69) is 37.9 Å². The molecular formula is C13H27N3O2. The average molecular weight is 257 g/mol. The van der Waals surface area contributed by atoms with E-state index in [0.29, 0.717) is 5.92 Å². The van der Waals surface area contributed by atoms with Crippen LogP contribution in [-0.2, 0) is 4.74 Å². The zero-order chi connectivity index (χ0) is 13.7. The molecule has 106 valence electrons. The van der Waals surface area contributed by atoms with Gasteiger partial charge < -0.3 is 9.64 Å². The van der Waals surface area contributed by atoms with Crippen molar-refractivity contribution in [3.63, 3.8) is 0 Å². The van der Waals surface area contributed by atoms with Crippen molar-refractivity contribution >= 4 is 6.09 Å². The van der Waals surface area contributed by atoms with Crippen LogP contribution in [0.25, 0.3) is 0 Å². The van der Waals surface area contributed by atoms with Gasteiger partial charge in [-0.15, -0.1) is 0 Å². The number of hydrogen-bond donors (Lipinski definition) is 0. The fourth-order valence-corrected chi connectivity index (χ4v) is 2.68. The highest BCUT2D eigenvalue weighted by Crippen LogP contribution is 2.23. The number of ether oxygens (including phenoxy) is 1. The Kier molecular flexibility index (Phi) is 5.88. The molecule has 0 radical (unpaired) electrons. The van der Waals surface area contributed by atoms with Crippen molar-refractivity contribution < 1.29 is 9.53 Å². The number of nitrogens with zero attached hydrogens (tertiary/aromatic N) is 3. The van der Waals surface area contributed by atoms with Crippen LogP contribution in [0.4, 0.5) is 4.79 Å². The number of likely N-dealkylation sites (N-methyl/N-ethyl adjacent to an activating group) is 1. The molecule has 0 N–H and O–H groups in total. The van der Waals surface area contributed by atoms with Crippen LogP contribution >= 0.6 is 0 Å². The van der Waals surface area contributed by atoms with Gasteiger partial charge in [0.05, 0.1) is 7.11 Å². The predicted molar refractivity (Wildman–Crippen MR) is 72.5 cm³/mol. The van der Waals surface area contributed by atoms with E-state index in [1.165, 1.54) is 7.11 Å². The van der Waals surface area contributed by atoms with E-state index in [9.17, 15) is 4.79 Å². The van der Waals surface area contributed by atoms with E-state index in [1.54, 1.807) is 0 Å².